The van der Waals surface area contributed by atoms with Crippen LogP contribution in [-0.2, 0) is 17.9 Å². The van der Waals surface area contributed by atoms with Crippen LogP contribution in [0.3, 0.4) is 0 Å². The summed E-state index contributed by atoms with van der Waals surface area (Å²) < 4.78 is 0. The van der Waals surface area contributed by atoms with Crippen molar-refractivity contribution >= 4 is 5.78 Å². The summed E-state index contributed by atoms with van der Waals surface area (Å²) in [7, 11) is 0. The number of unbranched alkanes of at least 4 members (excludes halogenated alkanes) is 1. The molecule has 1 aliphatic rings. The van der Waals surface area contributed by atoms with E-state index in [4.69, 9.17) is 0 Å². The van der Waals surface area contributed by atoms with Crippen LogP contribution >= 0.6 is 0 Å². The molecular formula is C23H30N2O. The summed E-state index contributed by atoms with van der Waals surface area (Å²) in [5, 5.41) is 0. The number of rotatable bonds is 9. The number of Topliss-reactive ketones (excluding diaryl/α,β-unsaturated/α-hetero) is 1. The van der Waals surface area contributed by atoms with Crippen molar-refractivity contribution < 1.29 is 4.79 Å². The Kier molecular flexibility index (Phi) is 7.41. The van der Waals surface area contributed by atoms with Crippen LogP contribution in [0.4, 0.5) is 0 Å². The maximum Gasteiger partial charge on any atom is 0.135 e. The van der Waals surface area contributed by atoms with Crippen molar-refractivity contribution in [2.24, 2.45) is 0 Å². The average Bonchev–Trinajstić information content (AvgIpc) is 2.68. The summed E-state index contributed by atoms with van der Waals surface area (Å²) in [6.07, 6.45) is 3.89. The molecule has 26 heavy (non-hydrogen) atoms. The number of carbonyl (C=O) groups excluding carboxylic acids is 1. The number of ketones is 1. The van der Waals surface area contributed by atoms with Gasteiger partial charge >= 0.3 is 0 Å². The molecule has 3 rings (SSSR count). The van der Waals surface area contributed by atoms with Crippen LogP contribution in [0.25, 0.3) is 0 Å². The zero-order valence-corrected chi connectivity index (χ0v) is 15.6. The summed E-state index contributed by atoms with van der Waals surface area (Å²) in [5.41, 5.74) is 2.75. The first-order valence-corrected chi connectivity index (χ1v) is 9.84. The second-order valence-electron chi connectivity index (χ2n) is 7.27. The highest BCUT2D eigenvalue weighted by molar-refractivity contribution is 5.79. The van der Waals surface area contributed by atoms with Crippen molar-refractivity contribution in [3.05, 3.63) is 71.8 Å². The van der Waals surface area contributed by atoms with E-state index < -0.39 is 0 Å². The second-order valence-corrected chi connectivity index (χ2v) is 7.27. The molecule has 0 radical (unpaired) electrons. The third-order valence-corrected chi connectivity index (χ3v) is 5.11. The lowest BCUT2D eigenvalue weighted by molar-refractivity contribution is -0.121. The standard InChI is InChI=1S/C23H30N2O/c26-23-13-17-24(18-14-23)15-7-8-16-25(19-21-9-3-1-4-10-21)20-22-11-5-2-6-12-22/h1-6,9-12H,7-8,13-20H2. The van der Waals surface area contributed by atoms with Crippen LogP contribution in [0.1, 0.15) is 36.8 Å². The van der Waals surface area contributed by atoms with E-state index in [0.717, 1.165) is 52.1 Å². The molecule has 1 heterocycles. The smallest absolute Gasteiger partial charge is 0.135 e. The highest BCUT2D eigenvalue weighted by Gasteiger charge is 2.15. The Hall–Kier alpha value is -1.97. The Morgan fingerprint density at radius 3 is 1.85 bits per heavy atom. The molecule has 1 fully saturated rings. The number of piperidine rings is 1. The van der Waals surface area contributed by atoms with Gasteiger partial charge in [-0.05, 0) is 37.1 Å². The van der Waals surface area contributed by atoms with Crippen molar-refractivity contribution in [2.45, 2.75) is 38.8 Å². The van der Waals surface area contributed by atoms with Gasteiger partial charge < -0.3 is 4.90 Å². The number of carbonyl (C=O) groups is 1. The first kappa shape index (κ1) is 18.8. The monoisotopic (exact) mass is 350 g/mol. The molecule has 0 saturated carbocycles. The molecule has 0 unspecified atom stereocenters. The first-order valence-electron chi connectivity index (χ1n) is 9.84. The van der Waals surface area contributed by atoms with E-state index in [1.54, 1.807) is 0 Å². The van der Waals surface area contributed by atoms with E-state index in [0.29, 0.717) is 5.78 Å². The van der Waals surface area contributed by atoms with E-state index in [-0.39, 0.29) is 0 Å². The van der Waals surface area contributed by atoms with Gasteiger partial charge in [0.05, 0.1) is 0 Å². The van der Waals surface area contributed by atoms with Gasteiger partial charge in [0.15, 0.2) is 0 Å². The van der Waals surface area contributed by atoms with Crippen molar-refractivity contribution in [2.75, 3.05) is 26.2 Å². The van der Waals surface area contributed by atoms with E-state index in [2.05, 4.69) is 70.5 Å². The van der Waals surface area contributed by atoms with Crippen molar-refractivity contribution in [3.8, 4) is 0 Å². The predicted molar refractivity (Wildman–Crippen MR) is 107 cm³/mol. The molecule has 2 aromatic carbocycles. The lowest BCUT2D eigenvalue weighted by Gasteiger charge is -2.27. The highest BCUT2D eigenvalue weighted by Crippen LogP contribution is 2.12. The predicted octanol–water partition coefficient (Wildman–Crippen LogP) is 4.13. The minimum atomic E-state index is 0.429. The number of nitrogens with zero attached hydrogens (tertiary/aromatic N) is 2. The van der Waals surface area contributed by atoms with Crippen molar-refractivity contribution in [3.63, 3.8) is 0 Å². The van der Waals surface area contributed by atoms with Gasteiger partial charge in [0.2, 0.25) is 0 Å². The molecule has 0 spiro atoms. The van der Waals surface area contributed by atoms with Crippen LogP contribution in [0.15, 0.2) is 60.7 Å². The van der Waals surface area contributed by atoms with Crippen LogP contribution in [-0.4, -0.2) is 41.8 Å². The van der Waals surface area contributed by atoms with Crippen LogP contribution in [0, 0.1) is 0 Å². The maximum atomic E-state index is 11.3. The Labute approximate surface area is 157 Å². The largest absolute Gasteiger partial charge is 0.302 e. The normalized spacial score (nSPS) is 15.5. The minimum absolute atomic E-state index is 0.429. The van der Waals surface area contributed by atoms with Crippen LogP contribution in [0.5, 0.6) is 0 Å². The topological polar surface area (TPSA) is 23.6 Å². The zero-order chi connectivity index (χ0) is 18.0. The van der Waals surface area contributed by atoms with Crippen molar-refractivity contribution in [1.82, 2.24) is 9.80 Å². The summed E-state index contributed by atoms with van der Waals surface area (Å²) in [6, 6.07) is 21.5. The third-order valence-electron chi connectivity index (χ3n) is 5.11. The van der Waals surface area contributed by atoms with Crippen molar-refractivity contribution in [1.29, 1.82) is 0 Å². The number of benzene rings is 2. The molecule has 3 nitrogen and oxygen atoms in total. The van der Waals surface area contributed by atoms with E-state index in [9.17, 15) is 4.79 Å². The van der Waals surface area contributed by atoms with E-state index >= 15 is 0 Å². The molecule has 0 aromatic heterocycles. The molecule has 1 aliphatic heterocycles. The zero-order valence-electron chi connectivity index (χ0n) is 15.6. The summed E-state index contributed by atoms with van der Waals surface area (Å²) in [6.45, 7) is 6.13. The lowest BCUT2D eigenvalue weighted by Crippen LogP contribution is -2.34. The van der Waals surface area contributed by atoms with Gasteiger partial charge in [0, 0.05) is 39.0 Å². The first-order chi connectivity index (χ1) is 12.8. The number of hydrogen-bond acceptors (Lipinski definition) is 3. The molecule has 0 aliphatic carbocycles. The molecule has 1 saturated heterocycles. The quantitative estimate of drug-likeness (QED) is 0.635. The van der Waals surface area contributed by atoms with Gasteiger partial charge in [0.1, 0.15) is 5.78 Å². The Balaban J connectivity index is 1.47. The SMILES string of the molecule is O=C1CCN(CCCCN(Cc2ccccc2)Cc2ccccc2)CC1. The molecule has 0 amide bonds. The molecule has 3 heteroatoms. The van der Waals surface area contributed by atoms with Gasteiger partial charge in [-0.2, -0.15) is 0 Å². The summed E-state index contributed by atoms with van der Waals surface area (Å²) in [5.74, 6) is 0.429. The highest BCUT2D eigenvalue weighted by atomic mass is 16.1. The third kappa shape index (κ3) is 6.40. The maximum absolute atomic E-state index is 11.3. The molecule has 2 aromatic rings. The van der Waals surface area contributed by atoms with Gasteiger partial charge in [-0.25, -0.2) is 0 Å². The summed E-state index contributed by atoms with van der Waals surface area (Å²) in [4.78, 5) is 16.3. The molecule has 0 N–H and O–H groups in total. The van der Waals surface area contributed by atoms with Crippen LogP contribution < -0.4 is 0 Å². The van der Waals surface area contributed by atoms with E-state index in [1.165, 1.54) is 24.0 Å². The van der Waals surface area contributed by atoms with Gasteiger partial charge in [-0.15, -0.1) is 0 Å². The van der Waals surface area contributed by atoms with E-state index in [1.807, 2.05) is 0 Å². The Bertz CT molecular complexity index is 605. The van der Waals surface area contributed by atoms with Gasteiger partial charge in [-0.3, -0.25) is 9.69 Å². The Morgan fingerprint density at radius 1 is 0.769 bits per heavy atom. The fraction of sp³-hybridized carbons (Fsp3) is 0.435. The molecule has 138 valence electrons. The Morgan fingerprint density at radius 2 is 1.31 bits per heavy atom. The van der Waals surface area contributed by atoms with Gasteiger partial charge in [-0.1, -0.05) is 60.7 Å². The fourth-order valence-corrected chi connectivity index (χ4v) is 3.59. The number of likely N-dealkylation sites (tertiary alicyclic amines) is 1. The molecule has 0 bridgehead atoms. The second kappa shape index (κ2) is 10.2. The minimum Gasteiger partial charge on any atom is -0.302 e. The van der Waals surface area contributed by atoms with Crippen LogP contribution in [0.2, 0.25) is 0 Å². The summed E-state index contributed by atoms with van der Waals surface area (Å²) >= 11 is 0. The number of hydrogen-bond donors (Lipinski definition) is 0. The fourth-order valence-electron chi connectivity index (χ4n) is 3.59. The van der Waals surface area contributed by atoms with Gasteiger partial charge in [0.25, 0.3) is 0 Å². The molecule has 0 atom stereocenters. The lowest BCUT2D eigenvalue weighted by atomic mass is 10.1. The average molecular weight is 351 g/mol. The molecular weight excluding hydrogens is 320 g/mol.